The lowest BCUT2D eigenvalue weighted by Crippen LogP contribution is -2.07. The third kappa shape index (κ3) is 1.48. The molecule has 88 valence electrons. The number of rotatable bonds is 2. The number of benzene rings is 1. The average Bonchev–Trinajstić information content (AvgIpc) is 2.92. The molecule has 2 aromatic rings. The summed E-state index contributed by atoms with van der Waals surface area (Å²) in [6, 6.07) is 3.85. The maximum absolute atomic E-state index is 12.0. The van der Waals surface area contributed by atoms with Gasteiger partial charge in [0.05, 0.1) is 19.5 Å². The topological polar surface area (TPSA) is 48.7 Å². The zero-order valence-corrected chi connectivity index (χ0v) is 9.49. The second-order valence-electron chi connectivity index (χ2n) is 3.90. The van der Waals surface area contributed by atoms with Gasteiger partial charge in [0.15, 0.2) is 5.58 Å². The highest BCUT2D eigenvalue weighted by atomic mass is 16.5. The fraction of sp³-hybridized carbons (Fsp3) is 0.308. The third-order valence-corrected chi connectivity index (χ3v) is 2.87. The molecule has 0 unspecified atom stereocenters. The average molecular weight is 232 g/mol. The maximum atomic E-state index is 12.0. The van der Waals surface area contributed by atoms with Gasteiger partial charge in [0.25, 0.3) is 0 Å². The van der Waals surface area contributed by atoms with E-state index in [0.717, 1.165) is 17.4 Å². The molecule has 0 spiro atoms. The number of furan rings is 1. The highest BCUT2D eigenvalue weighted by Crippen LogP contribution is 2.36. The largest absolute Gasteiger partial charge is 0.492 e. The van der Waals surface area contributed by atoms with Crippen molar-refractivity contribution >= 4 is 16.9 Å². The summed E-state index contributed by atoms with van der Waals surface area (Å²) in [5, 5.41) is 0.914. The van der Waals surface area contributed by atoms with Crippen LogP contribution >= 0.6 is 0 Å². The van der Waals surface area contributed by atoms with Crippen LogP contribution in [0.5, 0.6) is 5.75 Å². The molecule has 0 aliphatic carbocycles. The van der Waals surface area contributed by atoms with E-state index >= 15 is 0 Å². The van der Waals surface area contributed by atoms with E-state index in [1.54, 1.807) is 13.2 Å². The van der Waals surface area contributed by atoms with Crippen molar-refractivity contribution in [3.05, 3.63) is 29.5 Å². The fourth-order valence-electron chi connectivity index (χ4n) is 2.16. The Balaban J connectivity index is 2.25. The normalized spacial score (nSPS) is 13.5. The van der Waals surface area contributed by atoms with Crippen molar-refractivity contribution in [2.45, 2.75) is 13.3 Å². The van der Waals surface area contributed by atoms with Crippen molar-refractivity contribution in [2.75, 3.05) is 13.2 Å². The summed E-state index contributed by atoms with van der Waals surface area (Å²) in [4.78, 5) is 12.0. The Morgan fingerprint density at radius 2 is 2.41 bits per heavy atom. The molecule has 3 rings (SSSR count). The molecule has 0 fully saturated rings. The summed E-state index contributed by atoms with van der Waals surface area (Å²) < 4.78 is 15.9. The molecule has 0 atom stereocenters. The van der Waals surface area contributed by atoms with E-state index in [0.29, 0.717) is 30.1 Å². The summed E-state index contributed by atoms with van der Waals surface area (Å²) in [6.45, 7) is 2.72. The van der Waals surface area contributed by atoms with Crippen LogP contribution in [0.3, 0.4) is 0 Å². The van der Waals surface area contributed by atoms with Gasteiger partial charge in [-0.15, -0.1) is 0 Å². The minimum atomic E-state index is -0.383. The summed E-state index contributed by atoms with van der Waals surface area (Å²) in [5.41, 5.74) is 2.01. The van der Waals surface area contributed by atoms with Gasteiger partial charge in [0.2, 0.25) is 0 Å². The van der Waals surface area contributed by atoms with Crippen molar-refractivity contribution in [3.63, 3.8) is 0 Å². The van der Waals surface area contributed by atoms with Crippen LogP contribution in [-0.4, -0.2) is 19.2 Å². The van der Waals surface area contributed by atoms with Crippen molar-refractivity contribution in [1.29, 1.82) is 0 Å². The van der Waals surface area contributed by atoms with Crippen LogP contribution in [-0.2, 0) is 11.2 Å². The Labute approximate surface area is 98.1 Å². The first kappa shape index (κ1) is 10.2. The smallest absolute Gasteiger partial charge is 0.345 e. The zero-order valence-electron chi connectivity index (χ0n) is 9.49. The Morgan fingerprint density at radius 1 is 1.53 bits per heavy atom. The Morgan fingerprint density at radius 3 is 3.24 bits per heavy atom. The highest BCUT2D eigenvalue weighted by Gasteiger charge is 2.26. The summed E-state index contributed by atoms with van der Waals surface area (Å²) >= 11 is 0. The van der Waals surface area contributed by atoms with Gasteiger partial charge in [-0.2, -0.15) is 0 Å². The Kier molecular flexibility index (Phi) is 2.28. The lowest BCUT2D eigenvalue weighted by atomic mass is 10.0. The van der Waals surface area contributed by atoms with Crippen LogP contribution in [0.1, 0.15) is 22.8 Å². The minimum Gasteiger partial charge on any atom is -0.492 e. The van der Waals surface area contributed by atoms with E-state index in [1.807, 2.05) is 12.1 Å². The molecule has 0 radical (unpaired) electrons. The van der Waals surface area contributed by atoms with E-state index in [9.17, 15) is 4.79 Å². The van der Waals surface area contributed by atoms with Gasteiger partial charge in [0.1, 0.15) is 11.3 Å². The first-order valence-corrected chi connectivity index (χ1v) is 5.64. The molecule has 0 saturated carbocycles. The van der Waals surface area contributed by atoms with E-state index in [1.165, 1.54) is 0 Å². The van der Waals surface area contributed by atoms with Crippen molar-refractivity contribution < 1.29 is 18.7 Å². The van der Waals surface area contributed by atoms with Crippen LogP contribution in [0.2, 0.25) is 0 Å². The van der Waals surface area contributed by atoms with Gasteiger partial charge in [-0.05, 0) is 24.6 Å². The molecule has 2 heterocycles. The zero-order chi connectivity index (χ0) is 11.8. The summed E-state index contributed by atoms with van der Waals surface area (Å²) in [6.07, 6.45) is 2.39. The molecule has 1 aromatic heterocycles. The molecule has 4 heteroatoms. The minimum absolute atomic E-state index is 0.338. The molecule has 0 amide bonds. The molecule has 0 bridgehead atoms. The third-order valence-electron chi connectivity index (χ3n) is 2.87. The second-order valence-corrected chi connectivity index (χ2v) is 3.90. The van der Waals surface area contributed by atoms with Crippen LogP contribution in [0.4, 0.5) is 0 Å². The Hall–Kier alpha value is -1.97. The number of hydrogen-bond donors (Lipinski definition) is 0. The van der Waals surface area contributed by atoms with Gasteiger partial charge >= 0.3 is 5.97 Å². The number of fused-ring (bicyclic) bond motifs is 2. The number of hydrogen-bond acceptors (Lipinski definition) is 4. The van der Waals surface area contributed by atoms with E-state index in [-0.39, 0.29) is 5.97 Å². The number of carbonyl (C=O) groups is 1. The quantitative estimate of drug-likeness (QED) is 0.746. The predicted octanol–water partition coefficient (Wildman–Crippen LogP) is 2.54. The fourth-order valence-corrected chi connectivity index (χ4v) is 2.16. The first-order valence-electron chi connectivity index (χ1n) is 5.64. The van der Waals surface area contributed by atoms with Gasteiger partial charge in [-0.1, -0.05) is 0 Å². The lowest BCUT2D eigenvalue weighted by Gasteiger charge is -2.07. The highest BCUT2D eigenvalue weighted by molar-refractivity contribution is 6.05. The number of esters is 1. The summed E-state index contributed by atoms with van der Waals surface area (Å²) in [7, 11) is 0. The van der Waals surface area contributed by atoms with Crippen LogP contribution in [0.15, 0.2) is 22.8 Å². The monoisotopic (exact) mass is 232 g/mol. The number of carbonyl (C=O) groups excluding carboxylic acids is 1. The van der Waals surface area contributed by atoms with Gasteiger partial charge in [-0.3, -0.25) is 0 Å². The van der Waals surface area contributed by atoms with Gasteiger partial charge < -0.3 is 13.9 Å². The van der Waals surface area contributed by atoms with Crippen molar-refractivity contribution in [2.24, 2.45) is 0 Å². The standard InChI is InChI=1S/C13H12O4/c1-2-15-13(14)10-11-8(3-5-16-11)7-9-4-6-17-12(9)10/h3,5,7H,2,4,6H2,1H3. The molecule has 1 aliphatic rings. The molecule has 0 N–H and O–H groups in total. The molecular formula is C13H12O4. The second kappa shape index (κ2) is 3.80. The number of ether oxygens (including phenoxy) is 2. The SMILES string of the molecule is CCOC(=O)c1c2c(cc3ccoc13)CCO2. The van der Waals surface area contributed by atoms with Crippen molar-refractivity contribution in [1.82, 2.24) is 0 Å². The molecule has 0 saturated heterocycles. The maximum Gasteiger partial charge on any atom is 0.345 e. The van der Waals surface area contributed by atoms with Crippen molar-refractivity contribution in [3.8, 4) is 5.75 Å². The van der Waals surface area contributed by atoms with E-state index < -0.39 is 0 Å². The predicted molar refractivity (Wildman–Crippen MR) is 61.4 cm³/mol. The Bertz CT molecular complexity index is 582. The van der Waals surface area contributed by atoms with E-state index in [2.05, 4.69) is 0 Å². The lowest BCUT2D eigenvalue weighted by molar-refractivity contribution is 0.0524. The van der Waals surface area contributed by atoms with Gasteiger partial charge in [0, 0.05) is 11.8 Å². The summed E-state index contributed by atoms with van der Waals surface area (Å²) in [5.74, 6) is 0.233. The van der Waals surface area contributed by atoms with E-state index in [4.69, 9.17) is 13.9 Å². The molecule has 17 heavy (non-hydrogen) atoms. The van der Waals surface area contributed by atoms with Crippen LogP contribution < -0.4 is 4.74 Å². The van der Waals surface area contributed by atoms with Gasteiger partial charge in [-0.25, -0.2) is 4.79 Å². The molecular weight excluding hydrogens is 220 g/mol. The molecule has 1 aliphatic heterocycles. The van der Waals surface area contributed by atoms with Crippen LogP contribution in [0.25, 0.3) is 11.0 Å². The van der Waals surface area contributed by atoms with Crippen LogP contribution in [0, 0.1) is 0 Å². The molecule has 1 aromatic carbocycles. The molecule has 4 nitrogen and oxygen atoms in total. The first-order chi connectivity index (χ1) is 8.31.